The molecule has 2 saturated heterocycles. The summed E-state index contributed by atoms with van der Waals surface area (Å²) in [4.78, 5) is 21.4. The van der Waals surface area contributed by atoms with Crippen LogP contribution < -0.4 is 10.6 Å². The Morgan fingerprint density at radius 3 is 2.62 bits per heavy atom. The standard InChI is InChI=1S/C18H35N5O/c1-5-19-18(20-11-15-7-9-22(6-2)12-15)21-16-8-10-23(13-16)17(24)14(3)4/h14-16H,5-13H2,1-4H3,(H2,19,20,21). The van der Waals surface area contributed by atoms with Crippen molar-refractivity contribution >= 4 is 11.9 Å². The van der Waals surface area contributed by atoms with Crippen LogP contribution in [0.2, 0.25) is 0 Å². The molecule has 6 nitrogen and oxygen atoms in total. The maximum absolute atomic E-state index is 12.1. The average Bonchev–Trinajstić information content (AvgIpc) is 3.21. The van der Waals surface area contributed by atoms with Gasteiger partial charge in [0.2, 0.25) is 5.91 Å². The van der Waals surface area contributed by atoms with Gasteiger partial charge in [-0.1, -0.05) is 20.8 Å². The van der Waals surface area contributed by atoms with Crippen LogP contribution in [0.15, 0.2) is 4.99 Å². The minimum atomic E-state index is 0.0783. The van der Waals surface area contributed by atoms with Crippen LogP contribution in [-0.4, -0.2) is 73.5 Å². The van der Waals surface area contributed by atoms with E-state index in [0.717, 1.165) is 45.1 Å². The van der Waals surface area contributed by atoms with Crippen molar-refractivity contribution in [1.29, 1.82) is 0 Å². The van der Waals surface area contributed by atoms with E-state index < -0.39 is 0 Å². The number of hydrogen-bond donors (Lipinski definition) is 2. The van der Waals surface area contributed by atoms with Crippen LogP contribution >= 0.6 is 0 Å². The van der Waals surface area contributed by atoms with Gasteiger partial charge in [0.15, 0.2) is 5.96 Å². The van der Waals surface area contributed by atoms with Crippen LogP contribution in [0.4, 0.5) is 0 Å². The molecule has 2 rings (SSSR count). The molecule has 2 N–H and O–H groups in total. The highest BCUT2D eigenvalue weighted by Gasteiger charge is 2.28. The first-order chi connectivity index (χ1) is 11.5. The van der Waals surface area contributed by atoms with Crippen molar-refractivity contribution in [3.63, 3.8) is 0 Å². The van der Waals surface area contributed by atoms with Gasteiger partial charge in [-0.3, -0.25) is 9.79 Å². The van der Waals surface area contributed by atoms with Gasteiger partial charge < -0.3 is 20.4 Å². The summed E-state index contributed by atoms with van der Waals surface area (Å²) in [5.41, 5.74) is 0. The van der Waals surface area contributed by atoms with E-state index in [1.54, 1.807) is 0 Å². The van der Waals surface area contributed by atoms with Crippen LogP contribution in [0.25, 0.3) is 0 Å². The maximum atomic E-state index is 12.1. The molecule has 2 aliphatic rings. The lowest BCUT2D eigenvalue weighted by Gasteiger charge is -2.20. The molecular weight excluding hydrogens is 302 g/mol. The lowest BCUT2D eigenvalue weighted by atomic mass is 10.1. The zero-order valence-electron chi connectivity index (χ0n) is 15.8. The largest absolute Gasteiger partial charge is 0.357 e. The third-order valence-corrected chi connectivity index (χ3v) is 5.00. The van der Waals surface area contributed by atoms with E-state index in [1.807, 2.05) is 18.7 Å². The number of aliphatic imine (C=N–C) groups is 1. The average molecular weight is 338 g/mol. The highest BCUT2D eigenvalue weighted by molar-refractivity contribution is 5.81. The van der Waals surface area contributed by atoms with E-state index in [-0.39, 0.29) is 11.8 Å². The summed E-state index contributed by atoms with van der Waals surface area (Å²) >= 11 is 0. The fraction of sp³-hybridized carbons (Fsp3) is 0.889. The number of guanidine groups is 1. The predicted octanol–water partition coefficient (Wildman–Crippen LogP) is 1.14. The first-order valence-electron chi connectivity index (χ1n) is 9.59. The van der Waals surface area contributed by atoms with Crippen LogP contribution in [0.5, 0.6) is 0 Å². The second-order valence-corrected chi connectivity index (χ2v) is 7.34. The third kappa shape index (κ3) is 5.36. The van der Waals surface area contributed by atoms with Crippen molar-refractivity contribution in [2.45, 2.75) is 46.6 Å². The minimum Gasteiger partial charge on any atom is -0.357 e. The molecule has 0 aliphatic carbocycles. The summed E-state index contributed by atoms with van der Waals surface area (Å²) in [7, 11) is 0. The lowest BCUT2D eigenvalue weighted by Crippen LogP contribution is -2.45. The number of carbonyl (C=O) groups excluding carboxylic acids is 1. The molecule has 0 bridgehead atoms. The Bertz CT molecular complexity index is 437. The molecular formula is C18H35N5O. The van der Waals surface area contributed by atoms with Gasteiger partial charge >= 0.3 is 0 Å². The van der Waals surface area contributed by atoms with Crippen LogP contribution in [0, 0.1) is 11.8 Å². The molecule has 6 heteroatoms. The van der Waals surface area contributed by atoms with Gasteiger partial charge in [0.25, 0.3) is 0 Å². The highest BCUT2D eigenvalue weighted by atomic mass is 16.2. The Balaban J connectivity index is 1.83. The Morgan fingerprint density at radius 2 is 2.00 bits per heavy atom. The molecule has 0 saturated carbocycles. The Kier molecular flexibility index (Phi) is 7.34. The van der Waals surface area contributed by atoms with Gasteiger partial charge in [-0.25, -0.2) is 0 Å². The zero-order valence-corrected chi connectivity index (χ0v) is 15.8. The molecule has 24 heavy (non-hydrogen) atoms. The maximum Gasteiger partial charge on any atom is 0.225 e. The second kappa shape index (κ2) is 9.25. The molecule has 0 aromatic rings. The van der Waals surface area contributed by atoms with Gasteiger partial charge in [0.05, 0.1) is 0 Å². The van der Waals surface area contributed by atoms with E-state index in [4.69, 9.17) is 4.99 Å². The van der Waals surface area contributed by atoms with Crippen LogP contribution in [0.3, 0.4) is 0 Å². The highest BCUT2D eigenvalue weighted by Crippen LogP contribution is 2.16. The molecule has 0 radical (unpaired) electrons. The van der Waals surface area contributed by atoms with Crippen molar-refractivity contribution < 1.29 is 4.79 Å². The number of amides is 1. The normalized spacial score (nSPS) is 25.5. The first-order valence-corrected chi connectivity index (χ1v) is 9.59. The molecule has 0 aromatic heterocycles. The van der Waals surface area contributed by atoms with Gasteiger partial charge in [0.1, 0.15) is 0 Å². The molecule has 1 amide bonds. The Hall–Kier alpha value is -1.30. The van der Waals surface area contributed by atoms with Crippen molar-refractivity contribution in [3.8, 4) is 0 Å². The molecule has 2 atom stereocenters. The van der Waals surface area contributed by atoms with Gasteiger partial charge in [-0.2, -0.15) is 0 Å². The minimum absolute atomic E-state index is 0.0783. The van der Waals surface area contributed by atoms with Gasteiger partial charge in [0, 0.05) is 44.7 Å². The fourth-order valence-electron chi connectivity index (χ4n) is 3.53. The summed E-state index contributed by atoms with van der Waals surface area (Å²) in [6, 6.07) is 0.307. The summed E-state index contributed by atoms with van der Waals surface area (Å²) in [6.07, 6.45) is 2.24. The monoisotopic (exact) mass is 337 g/mol. The molecule has 0 spiro atoms. The van der Waals surface area contributed by atoms with E-state index in [9.17, 15) is 4.79 Å². The summed E-state index contributed by atoms with van der Waals surface area (Å²) < 4.78 is 0. The molecule has 2 fully saturated rings. The molecule has 2 heterocycles. The van der Waals surface area contributed by atoms with Gasteiger partial charge in [-0.05, 0) is 38.8 Å². The number of hydrogen-bond acceptors (Lipinski definition) is 3. The zero-order chi connectivity index (χ0) is 17.5. The molecule has 2 aliphatic heterocycles. The van der Waals surface area contributed by atoms with E-state index >= 15 is 0 Å². The second-order valence-electron chi connectivity index (χ2n) is 7.34. The van der Waals surface area contributed by atoms with Crippen molar-refractivity contribution in [2.24, 2.45) is 16.8 Å². The quantitative estimate of drug-likeness (QED) is 0.564. The predicted molar refractivity (Wildman–Crippen MR) is 99.2 cm³/mol. The number of rotatable bonds is 6. The molecule has 2 unspecified atom stereocenters. The van der Waals surface area contributed by atoms with E-state index in [1.165, 1.54) is 19.5 Å². The Labute approximate surface area is 147 Å². The van der Waals surface area contributed by atoms with Crippen molar-refractivity contribution in [3.05, 3.63) is 0 Å². The van der Waals surface area contributed by atoms with E-state index in [2.05, 4.69) is 29.4 Å². The summed E-state index contributed by atoms with van der Waals surface area (Å²) in [6.45, 7) is 15.1. The Morgan fingerprint density at radius 1 is 1.21 bits per heavy atom. The molecule has 0 aromatic carbocycles. The van der Waals surface area contributed by atoms with E-state index in [0.29, 0.717) is 12.0 Å². The van der Waals surface area contributed by atoms with Crippen molar-refractivity contribution in [1.82, 2.24) is 20.4 Å². The topological polar surface area (TPSA) is 60.0 Å². The van der Waals surface area contributed by atoms with Crippen LogP contribution in [0.1, 0.15) is 40.5 Å². The van der Waals surface area contributed by atoms with Crippen LogP contribution in [-0.2, 0) is 4.79 Å². The number of carbonyl (C=O) groups is 1. The lowest BCUT2D eigenvalue weighted by molar-refractivity contribution is -0.133. The fourth-order valence-corrected chi connectivity index (χ4v) is 3.53. The smallest absolute Gasteiger partial charge is 0.225 e. The SMILES string of the molecule is CCNC(=NCC1CCN(CC)C1)NC1CCN(C(=O)C(C)C)C1. The summed E-state index contributed by atoms with van der Waals surface area (Å²) in [5.74, 6) is 1.90. The third-order valence-electron chi connectivity index (χ3n) is 5.00. The van der Waals surface area contributed by atoms with Gasteiger partial charge in [-0.15, -0.1) is 0 Å². The number of nitrogens with one attached hydrogen (secondary N) is 2. The number of nitrogens with zero attached hydrogens (tertiary/aromatic N) is 3. The first kappa shape index (κ1) is 19.0. The molecule has 138 valence electrons. The number of likely N-dealkylation sites (tertiary alicyclic amines) is 2. The summed E-state index contributed by atoms with van der Waals surface area (Å²) in [5, 5.41) is 6.87. The van der Waals surface area contributed by atoms with Crippen molar-refractivity contribution in [2.75, 3.05) is 45.8 Å².